The molecule has 4 fully saturated rings. The molecule has 0 spiro atoms. The lowest BCUT2D eigenvalue weighted by Gasteiger charge is -2.36. The van der Waals surface area contributed by atoms with Gasteiger partial charge < -0.3 is 25.0 Å². The van der Waals surface area contributed by atoms with Crippen molar-refractivity contribution in [1.29, 1.82) is 0 Å². The van der Waals surface area contributed by atoms with Crippen molar-refractivity contribution in [2.45, 2.75) is 134 Å². The molecule has 2 aromatic rings. The van der Waals surface area contributed by atoms with Crippen LogP contribution in [0.1, 0.15) is 86.5 Å². The second-order valence-corrected chi connectivity index (χ2v) is 21.3. The van der Waals surface area contributed by atoms with Gasteiger partial charge in [0.1, 0.15) is 29.8 Å². The molecule has 3 heterocycles. The summed E-state index contributed by atoms with van der Waals surface area (Å²) in [5, 5.41) is 5.79. The highest BCUT2D eigenvalue weighted by molar-refractivity contribution is 7.91. The molecule has 3 aliphatic carbocycles. The zero-order chi connectivity index (χ0) is 43.7. The molecule has 5 aliphatic rings. The Labute approximate surface area is 352 Å². The molecule has 3 saturated carbocycles. The van der Waals surface area contributed by atoms with Crippen LogP contribution < -0.4 is 25.7 Å². The van der Waals surface area contributed by atoms with Gasteiger partial charge in [0.05, 0.1) is 28.1 Å². The number of allylic oxidation sites excluding steroid dienone is 2. The fourth-order valence-corrected chi connectivity index (χ4v) is 10.4. The summed E-state index contributed by atoms with van der Waals surface area (Å²) >= 11 is 6.28. The molecule has 9 atom stereocenters. The topological polar surface area (TPSA) is 195 Å². The number of aromatic nitrogens is 2. The Morgan fingerprint density at radius 1 is 1.07 bits per heavy atom. The van der Waals surface area contributed by atoms with Gasteiger partial charge in [-0.1, -0.05) is 58.4 Å². The van der Waals surface area contributed by atoms with Crippen molar-refractivity contribution in [3.8, 4) is 6.01 Å². The van der Waals surface area contributed by atoms with E-state index in [-0.39, 0.29) is 54.7 Å². The minimum absolute atomic E-state index is 0.0335. The summed E-state index contributed by atoms with van der Waals surface area (Å²) < 4.78 is 69.3. The highest BCUT2D eigenvalue weighted by Crippen LogP contribution is 2.49. The molecule has 2 aliphatic heterocycles. The van der Waals surface area contributed by atoms with Gasteiger partial charge in [0.25, 0.3) is 17.5 Å². The van der Waals surface area contributed by atoms with Crippen LogP contribution in [0, 0.1) is 29.1 Å². The third-order valence-electron chi connectivity index (χ3n) is 13.0. The molecule has 328 valence electrons. The maximum atomic E-state index is 14.9. The lowest BCUT2D eigenvalue weighted by atomic mass is 9.85. The Kier molecular flexibility index (Phi) is 11.6. The number of hydrogen-bond acceptors (Lipinski definition) is 10. The van der Waals surface area contributed by atoms with Crippen LogP contribution in [-0.2, 0) is 35.7 Å². The molecule has 15 nitrogen and oxygen atoms in total. The zero-order valence-electron chi connectivity index (χ0n) is 34.5. The summed E-state index contributed by atoms with van der Waals surface area (Å²) in [6.45, 7) is 10.0. The molecule has 3 N–H and O–H groups in total. The predicted molar refractivity (Wildman–Crippen MR) is 217 cm³/mol. The molecule has 0 unspecified atom stereocenters. The zero-order valence-corrected chi connectivity index (χ0v) is 36.1. The number of carbonyl (C=O) groups is 4. The van der Waals surface area contributed by atoms with Crippen LogP contribution >= 0.6 is 11.6 Å². The Morgan fingerprint density at radius 2 is 1.78 bits per heavy atom. The van der Waals surface area contributed by atoms with Gasteiger partial charge in [-0.15, -0.1) is 0 Å². The first-order valence-corrected chi connectivity index (χ1v) is 22.4. The smallest absolute Gasteiger partial charge is 0.408 e. The average Bonchev–Trinajstić information content (AvgIpc) is 4.02. The largest absolute Gasteiger partial charge is 0.459 e. The summed E-state index contributed by atoms with van der Waals surface area (Å²) in [6, 6.07) is 1.74. The Bertz CT molecular complexity index is 2280. The van der Waals surface area contributed by atoms with E-state index in [1.165, 1.54) is 17.6 Å². The van der Waals surface area contributed by atoms with Crippen molar-refractivity contribution < 1.29 is 45.9 Å². The van der Waals surface area contributed by atoms with Crippen molar-refractivity contribution in [1.82, 2.24) is 29.8 Å². The van der Waals surface area contributed by atoms with E-state index in [9.17, 15) is 41.2 Å². The first kappa shape index (κ1) is 43.8. The minimum atomic E-state index is -4.28. The molecule has 19 heteroatoms. The van der Waals surface area contributed by atoms with Gasteiger partial charge in [0.2, 0.25) is 28.3 Å². The van der Waals surface area contributed by atoms with E-state index in [0.717, 1.165) is 11.3 Å². The maximum absolute atomic E-state index is 14.9. The average molecular weight is 879 g/mol. The van der Waals surface area contributed by atoms with Crippen molar-refractivity contribution in [3.63, 3.8) is 0 Å². The van der Waals surface area contributed by atoms with Crippen LogP contribution in [-0.4, -0.2) is 94.2 Å². The SMILES string of the molecule is C[C@@H]1C[C@H]2CC/C=C/Cn3c(nc4cc(Cl)ccc4c3=O)O[C@H]3CN(C(=O)[C@H](C(C)(C)C)NC(=O)O[C@@H]2C1)[C@H](C(=O)N[C@]1(C(=O)NS(=O)(=O)C2(C)CC2)C[C@H]1C(F)F)[C@@H]3C. The maximum Gasteiger partial charge on any atom is 0.408 e. The molecule has 2 bridgehead atoms. The van der Waals surface area contributed by atoms with Gasteiger partial charge in [-0.05, 0) is 87.3 Å². The monoisotopic (exact) mass is 878 g/mol. The fraction of sp³-hybridized carbons (Fsp3) is 0.659. The Morgan fingerprint density at radius 3 is 2.43 bits per heavy atom. The molecule has 1 aromatic heterocycles. The third kappa shape index (κ3) is 8.34. The van der Waals surface area contributed by atoms with Gasteiger partial charge >= 0.3 is 6.09 Å². The number of nitrogens with one attached hydrogen (secondary N) is 3. The number of amides is 4. The van der Waals surface area contributed by atoms with Gasteiger partial charge in [0.15, 0.2) is 0 Å². The molecule has 60 heavy (non-hydrogen) atoms. The number of ether oxygens (including phenoxy) is 2. The van der Waals surface area contributed by atoms with Gasteiger partial charge in [-0.25, -0.2) is 22.0 Å². The summed E-state index contributed by atoms with van der Waals surface area (Å²) in [4.78, 5) is 76.6. The van der Waals surface area contributed by atoms with Crippen LogP contribution in [0.3, 0.4) is 0 Å². The lowest BCUT2D eigenvalue weighted by molar-refractivity contribution is -0.143. The van der Waals surface area contributed by atoms with E-state index >= 15 is 0 Å². The Hall–Kier alpha value is -4.32. The summed E-state index contributed by atoms with van der Waals surface area (Å²) in [5.41, 5.74) is -3.44. The molecule has 7 rings (SSSR count). The van der Waals surface area contributed by atoms with E-state index in [2.05, 4.69) is 22.5 Å². The number of nitrogens with zero attached hydrogens (tertiary/aromatic N) is 3. The number of sulfonamides is 1. The van der Waals surface area contributed by atoms with Crippen molar-refractivity contribution >= 4 is 56.3 Å². The number of rotatable bonds is 6. The number of benzene rings is 1. The number of carbonyl (C=O) groups excluding carboxylic acids is 4. The molecule has 4 amide bonds. The van der Waals surface area contributed by atoms with E-state index in [1.54, 1.807) is 39.8 Å². The molecular formula is C41H53ClF2N6O9S. The van der Waals surface area contributed by atoms with Crippen LogP contribution in [0.4, 0.5) is 13.6 Å². The number of halogens is 3. The quantitative estimate of drug-likeness (QED) is 0.343. The van der Waals surface area contributed by atoms with Crippen molar-refractivity contribution in [3.05, 3.63) is 45.7 Å². The lowest BCUT2D eigenvalue weighted by Crippen LogP contribution is -2.61. The summed E-state index contributed by atoms with van der Waals surface area (Å²) in [5.74, 6) is -5.38. The number of fused-ring (bicyclic) bond motifs is 5. The third-order valence-corrected chi connectivity index (χ3v) is 15.4. The molecule has 1 saturated heterocycles. The highest BCUT2D eigenvalue weighted by Gasteiger charge is 2.67. The van der Waals surface area contributed by atoms with Crippen LogP contribution in [0.15, 0.2) is 35.1 Å². The van der Waals surface area contributed by atoms with Crippen LogP contribution in [0.25, 0.3) is 10.9 Å². The first-order chi connectivity index (χ1) is 28.0. The molecular weight excluding hydrogens is 826 g/mol. The number of alkyl carbamates (subject to hydrolysis) is 1. The van der Waals surface area contributed by atoms with Crippen molar-refractivity contribution in [2.75, 3.05) is 6.54 Å². The van der Waals surface area contributed by atoms with Crippen LogP contribution in [0.2, 0.25) is 5.02 Å². The van der Waals surface area contributed by atoms with E-state index in [4.69, 9.17) is 21.1 Å². The molecule has 0 radical (unpaired) electrons. The Balaban J connectivity index is 1.28. The first-order valence-electron chi connectivity index (χ1n) is 20.5. The predicted octanol–water partition coefficient (Wildman–Crippen LogP) is 4.69. The molecule has 1 aromatic carbocycles. The van der Waals surface area contributed by atoms with E-state index < -0.39 is 104 Å². The minimum Gasteiger partial charge on any atom is -0.459 e. The van der Waals surface area contributed by atoms with Gasteiger partial charge in [0, 0.05) is 17.5 Å². The fourth-order valence-electron chi connectivity index (χ4n) is 8.92. The highest BCUT2D eigenvalue weighted by atomic mass is 35.5. The van der Waals surface area contributed by atoms with E-state index in [1.807, 2.05) is 16.9 Å². The second kappa shape index (κ2) is 15.9. The summed E-state index contributed by atoms with van der Waals surface area (Å²) in [6.07, 6.45) is 1.13. The van der Waals surface area contributed by atoms with Gasteiger partial charge in [-0.3, -0.25) is 28.5 Å². The van der Waals surface area contributed by atoms with Gasteiger partial charge in [-0.2, -0.15) is 4.98 Å². The number of hydrogen-bond donors (Lipinski definition) is 3. The van der Waals surface area contributed by atoms with Crippen molar-refractivity contribution in [2.24, 2.45) is 29.1 Å². The van der Waals surface area contributed by atoms with Crippen LogP contribution in [0.5, 0.6) is 6.01 Å². The second-order valence-electron chi connectivity index (χ2n) is 18.7. The summed E-state index contributed by atoms with van der Waals surface area (Å²) in [7, 11) is -4.28. The van der Waals surface area contributed by atoms with E-state index in [0.29, 0.717) is 24.3 Å². The normalized spacial score (nSPS) is 32.4. The standard InChI is InChI=1S/C41H53ClF2N6O9S/c1-21-16-23-10-8-7-9-15-49-34(52)25-12-11-24(42)18-27(25)45-37(49)58-29-20-50(35(53)31(39(3,4)5)46-38(55)59-28(23)17-21)30(22(29)2)33(51)47-41(19-26(41)32(43)44)36(54)48-60(56,57)40(6)13-14-40/h7,9,11-12,18,21-23,26,28-32H,8,10,13-17,19-20H2,1-6H3,(H,46,55)(H,47,51)(H,48,54)/b9-7+/t21-,22-,23-,26+,28-,29+,30+,31-,41-/m1/s1. The number of alkyl halides is 2.